The van der Waals surface area contributed by atoms with Gasteiger partial charge in [0.25, 0.3) is 0 Å². The smallest absolute Gasteiger partial charge is 0.308 e. The van der Waals surface area contributed by atoms with E-state index in [4.69, 9.17) is 14.2 Å². The molecule has 1 N–H and O–H groups in total. The molecule has 7 nitrogen and oxygen atoms in total. The zero-order valence-electron chi connectivity index (χ0n) is 16.6. The third kappa shape index (κ3) is 6.75. The Morgan fingerprint density at radius 3 is 2.70 bits per heavy atom. The van der Waals surface area contributed by atoms with Crippen LogP contribution in [0, 0.1) is 5.92 Å². The van der Waals surface area contributed by atoms with Gasteiger partial charge in [0.15, 0.2) is 5.96 Å². The largest absolute Gasteiger partial charge is 0.493 e. The molecule has 2 rings (SSSR count). The molecular weight excluding hydrogens is 346 g/mol. The van der Waals surface area contributed by atoms with Gasteiger partial charge in [0.05, 0.1) is 19.6 Å². The molecule has 1 heterocycles. The molecule has 0 radical (unpaired) electrons. The predicted molar refractivity (Wildman–Crippen MR) is 105 cm³/mol. The van der Waals surface area contributed by atoms with Gasteiger partial charge in [-0.2, -0.15) is 0 Å². The van der Waals surface area contributed by atoms with E-state index in [2.05, 4.69) is 21.3 Å². The van der Waals surface area contributed by atoms with Crippen LogP contribution in [0.5, 0.6) is 5.75 Å². The van der Waals surface area contributed by atoms with Crippen LogP contribution in [0.2, 0.25) is 0 Å². The van der Waals surface area contributed by atoms with Crippen molar-refractivity contribution in [3.8, 4) is 5.75 Å². The number of esters is 1. The zero-order valence-corrected chi connectivity index (χ0v) is 16.6. The van der Waals surface area contributed by atoms with Gasteiger partial charge in [0.1, 0.15) is 5.75 Å². The summed E-state index contributed by atoms with van der Waals surface area (Å²) in [4.78, 5) is 18.2. The first-order valence-corrected chi connectivity index (χ1v) is 9.42. The summed E-state index contributed by atoms with van der Waals surface area (Å²) < 4.78 is 15.6. The standard InChI is InChI=1S/C20H31N3O4/c1-21-20(23-10-8-17(9-11-23)19(24)26-3)22-15-16-6-4-7-18(14-16)27-13-5-12-25-2/h4,6-7,14,17H,5,8-13,15H2,1-3H3,(H,21,22). The fraction of sp³-hybridized carbons (Fsp3) is 0.600. The maximum Gasteiger partial charge on any atom is 0.308 e. The summed E-state index contributed by atoms with van der Waals surface area (Å²) >= 11 is 0. The quantitative estimate of drug-likeness (QED) is 0.324. The van der Waals surface area contributed by atoms with Crippen molar-refractivity contribution in [2.45, 2.75) is 25.8 Å². The summed E-state index contributed by atoms with van der Waals surface area (Å²) in [6.07, 6.45) is 2.45. The minimum absolute atomic E-state index is 0.00343. The number of guanidine groups is 1. The van der Waals surface area contributed by atoms with E-state index in [0.29, 0.717) is 19.8 Å². The Hall–Kier alpha value is -2.28. The van der Waals surface area contributed by atoms with Crippen molar-refractivity contribution < 1.29 is 19.0 Å². The minimum atomic E-state index is -0.111. The molecule has 0 atom stereocenters. The number of ether oxygens (including phenoxy) is 3. The number of methoxy groups -OCH3 is 2. The molecule has 1 saturated heterocycles. The van der Waals surface area contributed by atoms with Crippen LogP contribution in [0.15, 0.2) is 29.3 Å². The SMILES string of the molecule is CN=C(NCc1cccc(OCCCOC)c1)N1CCC(C(=O)OC)CC1. The highest BCUT2D eigenvalue weighted by atomic mass is 16.5. The van der Waals surface area contributed by atoms with Crippen molar-refractivity contribution in [1.82, 2.24) is 10.2 Å². The van der Waals surface area contributed by atoms with Crippen molar-refractivity contribution in [2.75, 3.05) is 47.6 Å². The van der Waals surface area contributed by atoms with E-state index in [0.717, 1.165) is 49.6 Å². The third-order valence-corrected chi connectivity index (χ3v) is 4.65. The second-order valence-electron chi connectivity index (χ2n) is 6.53. The normalized spacial score (nSPS) is 15.5. The maximum atomic E-state index is 11.7. The second kappa shape index (κ2) is 11.4. The van der Waals surface area contributed by atoms with E-state index in [1.165, 1.54) is 7.11 Å². The number of rotatable bonds is 8. The van der Waals surface area contributed by atoms with Crippen molar-refractivity contribution in [1.29, 1.82) is 0 Å². The van der Waals surface area contributed by atoms with Gasteiger partial charge in [0, 0.05) is 46.8 Å². The van der Waals surface area contributed by atoms with Crippen LogP contribution in [0.1, 0.15) is 24.8 Å². The van der Waals surface area contributed by atoms with Gasteiger partial charge in [-0.3, -0.25) is 9.79 Å². The highest BCUT2D eigenvalue weighted by Crippen LogP contribution is 2.19. The minimum Gasteiger partial charge on any atom is -0.493 e. The molecule has 27 heavy (non-hydrogen) atoms. The van der Waals surface area contributed by atoms with Crippen LogP contribution in [-0.2, 0) is 20.8 Å². The fourth-order valence-electron chi connectivity index (χ4n) is 3.15. The second-order valence-corrected chi connectivity index (χ2v) is 6.53. The van der Waals surface area contributed by atoms with E-state index in [1.54, 1.807) is 14.2 Å². The zero-order chi connectivity index (χ0) is 19.5. The van der Waals surface area contributed by atoms with Crippen LogP contribution in [-0.4, -0.2) is 64.4 Å². The lowest BCUT2D eigenvalue weighted by Gasteiger charge is -2.33. The first-order valence-electron chi connectivity index (χ1n) is 9.42. The van der Waals surface area contributed by atoms with Crippen LogP contribution < -0.4 is 10.1 Å². The molecule has 0 aliphatic carbocycles. The molecule has 0 saturated carbocycles. The lowest BCUT2D eigenvalue weighted by molar-refractivity contribution is -0.146. The number of carbonyl (C=O) groups excluding carboxylic acids is 1. The van der Waals surface area contributed by atoms with Gasteiger partial charge < -0.3 is 24.4 Å². The number of benzene rings is 1. The number of piperidine rings is 1. The summed E-state index contributed by atoms with van der Waals surface area (Å²) in [6, 6.07) is 8.05. The molecule has 1 aromatic carbocycles. The topological polar surface area (TPSA) is 72.4 Å². The van der Waals surface area contributed by atoms with Crippen molar-refractivity contribution in [2.24, 2.45) is 10.9 Å². The Bertz CT molecular complexity index is 613. The molecule has 1 aromatic rings. The Morgan fingerprint density at radius 2 is 2.04 bits per heavy atom. The average Bonchev–Trinajstić information content (AvgIpc) is 2.72. The molecular formula is C20H31N3O4. The molecule has 1 fully saturated rings. The molecule has 1 aliphatic rings. The monoisotopic (exact) mass is 377 g/mol. The summed E-state index contributed by atoms with van der Waals surface area (Å²) in [5.74, 6) is 1.60. The van der Waals surface area contributed by atoms with Gasteiger partial charge >= 0.3 is 5.97 Å². The predicted octanol–water partition coefficient (Wildman–Crippen LogP) is 2.06. The summed E-state index contributed by atoms with van der Waals surface area (Å²) in [5, 5.41) is 3.40. The summed E-state index contributed by atoms with van der Waals surface area (Å²) in [7, 11) is 4.92. The number of hydrogen-bond donors (Lipinski definition) is 1. The Kier molecular flexibility index (Phi) is 8.91. The number of nitrogens with one attached hydrogen (secondary N) is 1. The number of aliphatic imine (C=N–C) groups is 1. The van der Waals surface area contributed by atoms with Gasteiger partial charge in [-0.25, -0.2) is 0 Å². The summed E-state index contributed by atoms with van der Waals surface area (Å²) in [5.41, 5.74) is 1.13. The molecule has 0 bridgehead atoms. The van der Waals surface area contributed by atoms with E-state index in [1.807, 2.05) is 18.2 Å². The van der Waals surface area contributed by atoms with E-state index in [9.17, 15) is 4.79 Å². The first-order chi connectivity index (χ1) is 13.2. The van der Waals surface area contributed by atoms with E-state index in [-0.39, 0.29) is 11.9 Å². The number of carbonyl (C=O) groups is 1. The van der Waals surface area contributed by atoms with Crippen molar-refractivity contribution in [3.63, 3.8) is 0 Å². The van der Waals surface area contributed by atoms with Crippen LogP contribution in [0.25, 0.3) is 0 Å². The third-order valence-electron chi connectivity index (χ3n) is 4.65. The first kappa shape index (κ1) is 21.0. The Morgan fingerprint density at radius 1 is 1.26 bits per heavy atom. The number of hydrogen-bond acceptors (Lipinski definition) is 5. The number of likely N-dealkylation sites (tertiary alicyclic amines) is 1. The molecule has 0 aromatic heterocycles. The van der Waals surface area contributed by atoms with Crippen LogP contribution >= 0.6 is 0 Å². The van der Waals surface area contributed by atoms with Crippen LogP contribution in [0.3, 0.4) is 0 Å². The molecule has 0 unspecified atom stereocenters. The maximum absolute atomic E-state index is 11.7. The lowest BCUT2D eigenvalue weighted by Crippen LogP contribution is -2.46. The van der Waals surface area contributed by atoms with Crippen molar-refractivity contribution >= 4 is 11.9 Å². The van der Waals surface area contributed by atoms with Gasteiger partial charge in [0.2, 0.25) is 0 Å². The molecule has 7 heteroatoms. The average molecular weight is 377 g/mol. The van der Waals surface area contributed by atoms with Gasteiger partial charge in [-0.1, -0.05) is 12.1 Å². The van der Waals surface area contributed by atoms with E-state index >= 15 is 0 Å². The van der Waals surface area contributed by atoms with Crippen molar-refractivity contribution in [3.05, 3.63) is 29.8 Å². The highest BCUT2D eigenvalue weighted by molar-refractivity contribution is 5.80. The molecule has 0 spiro atoms. The fourth-order valence-corrected chi connectivity index (χ4v) is 3.15. The molecule has 1 aliphatic heterocycles. The lowest BCUT2D eigenvalue weighted by atomic mass is 9.97. The Labute approximate surface area is 161 Å². The molecule has 0 amide bonds. The summed E-state index contributed by atoms with van der Waals surface area (Å²) in [6.45, 7) is 3.59. The molecule has 150 valence electrons. The Balaban J connectivity index is 1.81. The highest BCUT2D eigenvalue weighted by Gasteiger charge is 2.26. The van der Waals surface area contributed by atoms with Gasteiger partial charge in [-0.05, 0) is 30.5 Å². The number of nitrogens with zero attached hydrogens (tertiary/aromatic N) is 2. The van der Waals surface area contributed by atoms with Gasteiger partial charge in [-0.15, -0.1) is 0 Å². The van der Waals surface area contributed by atoms with E-state index < -0.39 is 0 Å². The van der Waals surface area contributed by atoms with Crippen LogP contribution in [0.4, 0.5) is 0 Å².